The molecule has 1 heterocycles. The van der Waals surface area contributed by atoms with Crippen LogP contribution >= 0.6 is 0 Å². The average molecular weight is 371 g/mol. The van der Waals surface area contributed by atoms with Crippen molar-refractivity contribution in [3.8, 4) is 17.2 Å². The van der Waals surface area contributed by atoms with Gasteiger partial charge in [-0.25, -0.2) is 0 Å². The minimum absolute atomic E-state index is 0.194. The second-order valence-electron chi connectivity index (χ2n) is 6.74. The quantitative estimate of drug-likeness (QED) is 0.841. The molecule has 0 amide bonds. The molecule has 3 rings (SSSR count). The predicted octanol–water partition coefficient (Wildman–Crippen LogP) is 3.18. The first kappa shape index (κ1) is 19.0. The van der Waals surface area contributed by atoms with Gasteiger partial charge in [0.25, 0.3) is 0 Å². The van der Waals surface area contributed by atoms with Crippen LogP contribution in [0.15, 0.2) is 42.5 Å². The van der Waals surface area contributed by atoms with Crippen molar-refractivity contribution in [2.24, 2.45) is 5.92 Å². The molecule has 1 saturated heterocycles. The molecule has 6 nitrogen and oxygen atoms in total. The first-order chi connectivity index (χ1) is 13.0. The summed E-state index contributed by atoms with van der Waals surface area (Å²) in [6.07, 6.45) is 0. The molecule has 0 bridgehead atoms. The Labute approximate surface area is 159 Å². The van der Waals surface area contributed by atoms with Gasteiger partial charge < -0.3 is 19.3 Å². The fourth-order valence-corrected chi connectivity index (χ4v) is 4.02. The second kappa shape index (κ2) is 7.88. The van der Waals surface area contributed by atoms with Crippen molar-refractivity contribution < 1.29 is 24.1 Å². The van der Waals surface area contributed by atoms with Crippen LogP contribution in [0.4, 0.5) is 0 Å². The first-order valence-corrected chi connectivity index (χ1v) is 8.79. The van der Waals surface area contributed by atoms with Crippen molar-refractivity contribution >= 4 is 5.97 Å². The molecule has 3 atom stereocenters. The van der Waals surface area contributed by atoms with Crippen molar-refractivity contribution in [1.82, 2.24) is 4.90 Å². The Morgan fingerprint density at radius 2 is 1.63 bits per heavy atom. The van der Waals surface area contributed by atoms with Gasteiger partial charge >= 0.3 is 5.97 Å². The van der Waals surface area contributed by atoms with Crippen LogP contribution in [0, 0.1) is 5.92 Å². The van der Waals surface area contributed by atoms with E-state index in [1.54, 1.807) is 27.4 Å². The van der Waals surface area contributed by atoms with E-state index in [4.69, 9.17) is 14.2 Å². The van der Waals surface area contributed by atoms with Crippen molar-refractivity contribution in [3.05, 3.63) is 53.6 Å². The third kappa shape index (κ3) is 3.57. The van der Waals surface area contributed by atoms with Crippen molar-refractivity contribution in [1.29, 1.82) is 0 Å². The normalized spacial score (nSPS) is 22.4. The summed E-state index contributed by atoms with van der Waals surface area (Å²) in [5.74, 6) is 0.476. The molecular formula is C21H25NO5. The van der Waals surface area contributed by atoms with Crippen LogP contribution in [-0.4, -0.2) is 50.9 Å². The molecule has 2 aromatic carbocycles. The third-order valence-electron chi connectivity index (χ3n) is 5.32. The highest BCUT2D eigenvalue weighted by Gasteiger charge is 2.46. The third-order valence-corrected chi connectivity index (χ3v) is 5.32. The lowest BCUT2D eigenvalue weighted by Gasteiger charge is -2.24. The Bertz CT molecular complexity index is 805. The second-order valence-corrected chi connectivity index (χ2v) is 6.74. The standard InChI is InChI=1S/C21H25NO5/c1-22-12-17(16-10-9-15(26-3)11-18(16)27-4)19(21(23)24)20(22)13-5-7-14(25-2)8-6-13/h5-11,17,19-20H,12H2,1-4H3,(H,23,24). The molecular weight excluding hydrogens is 346 g/mol. The molecule has 6 heteroatoms. The maximum atomic E-state index is 12.2. The van der Waals surface area contributed by atoms with E-state index in [0.717, 1.165) is 16.9 Å². The van der Waals surface area contributed by atoms with Gasteiger partial charge in [0.1, 0.15) is 17.2 Å². The van der Waals surface area contributed by atoms with Gasteiger partial charge in [-0.15, -0.1) is 0 Å². The van der Waals surface area contributed by atoms with Crippen LogP contribution in [0.5, 0.6) is 17.2 Å². The molecule has 0 aliphatic carbocycles. The summed E-state index contributed by atoms with van der Waals surface area (Å²) in [6, 6.07) is 12.9. The summed E-state index contributed by atoms with van der Waals surface area (Å²) >= 11 is 0. The number of carboxylic acid groups (broad SMARTS) is 1. The minimum atomic E-state index is -0.817. The average Bonchev–Trinajstić information content (AvgIpc) is 3.04. The van der Waals surface area contributed by atoms with Crippen molar-refractivity contribution in [2.45, 2.75) is 12.0 Å². The Hall–Kier alpha value is -2.73. The first-order valence-electron chi connectivity index (χ1n) is 8.79. The zero-order chi connectivity index (χ0) is 19.6. The van der Waals surface area contributed by atoms with E-state index in [0.29, 0.717) is 18.0 Å². The lowest BCUT2D eigenvalue weighted by Crippen LogP contribution is -2.26. The highest BCUT2D eigenvalue weighted by molar-refractivity contribution is 5.74. The molecule has 0 spiro atoms. The Morgan fingerprint density at radius 3 is 2.19 bits per heavy atom. The number of methoxy groups -OCH3 is 3. The summed E-state index contributed by atoms with van der Waals surface area (Å²) in [4.78, 5) is 14.3. The molecule has 0 saturated carbocycles. The predicted molar refractivity (Wildman–Crippen MR) is 102 cm³/mol. The van der Waals surface area contributed by atoms with E-state index in [-0.39, 0.29) is 12.0 Å². The van der Waals surface area contributed by atoms with Crippen LogP contribution in [0.2, 0.25) is 0 Å². The van der Waals surface area contributed by atoms with E-state index in [1.807, 2.05) is 43.4 Å². The van der Waals surface area contributed by atoms with Crippen LogP contribution in [0.1, 0.15) is 23.1 Å². The molecule has 1 aliphatic heterocycles. The van der Waals surface area contributed by atoms with Crippen LogP contribution < -0.4 is 14.2 Å². The molecule has 1 N–H and O–H groups in total. The number of ether oxygens (including phenoxy) is 3. The minimum Gasteiger partial charge on any atom is -0.497 e. The summed E-state index contributed by atoms with van der Waals surface area (Å²) in [5.41, 5.74) is 1.84. The van der Waals surface area contributed by atoms with Crippen molar-refractivity contribution in [3.63, 3.8) is 0 Å². The summed E-state index contributed by atoms with van der Waals surface area (Å²) in [6.45, 7) is 0.621. The molecule has 27 heavy (non-hydrogen) atoms. The Morgan fingerprint density at radius 1 is 1.00 bits per heavy atom. The van der Waals surface area contributed by atoms with Gasteiger partial charge in [-0.1, -0.05) is 18.2 Å². The number of benzene rings is 2. The van der Waals surface area contributed by atoms with E-state index >= 15 is 0 Å². The molecule has 1 fully saturated rings. The van der Waals surface area contributed by atoms with Gasteiger partial charge in [-0.3, -0.25) is 9.69 Å². The topological polar surface area (TPSA) is 68.2 Å². The Balaban J connectivity index is 2.01. The number of aliphatic carboxylic acids is 1. The fourth-order valence-electron chi connectivity index (χ4n) is 4.02. The van der Waals surface area contributed by atoms with Crippen LogP contribution in [0.25, 0.3) is 0 Å². The number of likely N-dealkylation sites (tertiary alicyclic amines) is 1. The van der Waals surface area contributed by atoms with E-state index in [9.17, 15) is 9.90 Å². The van der Waals surface area contributed by atoms with Crippen molar-refractivity contribution in [2.75, 3.05) is 34.9 Å². The lowest BCUT2D eigenvalue weighted by atomic mass is 9.82. The molecule has 0 radical (unpaired) electrons. The van der Waals surface area contributed by atoms with E-state index < -0.39 is 11.9 Å². The molecule has 2 aromatic rings. The number of rotatable bonds is 6. The summed E-state index contributed by atoms with van der Waals surface area (Å²) in [5, 5.41) is 10.0. The van der Waals surface area contributed by atoms with Gasteiger partial charge in [0.15, 0.2) is 0 Å². The van der Waals surface area contributed by atoms with Crippen LogP contribution in [-0.2, 0) is 4.79 Å². The number of hydrogen-bond donors (Lipinski definition) is 1. The maximum absolute atomic E-state index is 12.2. The zero-order valence-electron chi connectivity index (χ0n) is 16.0. The van der Waals surface area contributed by atoms with Gasteiger partial charge in [-0.2, -0.15) is 0 Å². The number of likely N-dealkylation sites (N-methyl/N-ethyl adjacent to an activating group) is 1. The van der Waals surface area contributed by atoms with Gasteiger partial charge in [-0.05, 0) is 36.4 Å². The SMILES string of the molecule is COc1ccc(C2C(C(=O)O)C(c3ccc(OC)cc3OC)CN2C)cc1. The van der Waals surface area contributed by atoms with Crippen LogP contribution in [0.3, 0.4) is 0 Å². The van der Waals surface area contributed by atoms with Gasteiger partial charge in [0.2, 0.25) is 0 Å². The maximum Gasteiger partial charge on any atom is 0.309 e. The number of carbonyl (C=O) groups is 1. The largest absolute Gasteiger partial charge is 0.497 e. The fraction of sp³-hybridized carbons (Fsp3) is 0.381. The van der Waals surface area contributed by atoms with Gasteiger partial charge in [0.05, 0.1) is 27.2 Å². The number of hydrogen-bond acceptors (Lipinski definition) is 5. The van der Waals surface area contributed by atoms with E-state index in [1.165, 1.54) is 0 Å². The number of nitrogens with zero attached hydrogens (tertiary/aromatic N) is 1. The highest BCUT2D eigenvalue weighted by atomic mass is 16.5. The van der Waals surface area contributed by atoms with E-state index in [2.05, 4.69) is 4.90 Å². The molecule has 144 valence electrons. The highest BCUT2D eigenvalue weighted by Crippen LogP contribution is 2.47. The molecule has 1 aliphatic rings. The summed E-state index contributed by atoms with van der Waals surface area (Å²) in [7, 11) is 6.76. The lowest BCUT2D eigenvalue weighted by molar-refractivity contribution is -0.143. The Kier molecular flexibility index (Phi) is 5.56. The molecule has 0 aromatic heterocycles. The smallest absolute Gasteiger partial charge is 0.309 e. The number of carboxylic acids is 1. The summed E-state index contributed by atoms with van der Waals surface area (Å²) < 4.78 is 16.0. The zero-order valence-corrected chi connectivity index (χ0v) is 16.0. The monoisotopic (exact) mass is 371 g/mol. The molecule has 3 unspecified atom stereocenters. The van der Waals surface area contributed by atoms with Gasteiger partial charge in [0, 0.05) is 24.6 Å².